The quantitative estimate of drug-likeness (QED) is 0.503. The maximum Gasteiger partial charge on any atom is 0.321 e. The molecular weight excluding hydrogens is 418 g/mol. The molecule has 0 unspecified atom stereocenters. The third-order valence-corrected chi connectivity index (χ3v) is 5.85. The lowest BCUT2D eigenvalue weighted by Crippen LogP contribution is -2.40. The van der Waals surface area contributed by atoms with Crippen LogP contribution >= 0.6 is 0 Å². The summed E-state index contributed by atoms with van der Waals surface area (Å²) in [6, 6.07) is 15.2. The fourth-order valence-electron chi connectivity index (χ4n) is 4.16. The van der Waals surface area contributed by atoms with Gasteiger partial charge in [-0.25, -0.2) is 9.48 Å². The summed E-state index contributed by atoms with van der Waals surface area (Å²) in [5.74, 6) is 1.22. The van der Waals surface area contributed by atoms with E-state index in [0.29, 0.717) is 30.5 Å². The number of anilines is 1. The van der Waals surface area contributed by atoms with Gasteiger partial charge in [-0.05, 0) is 57.0 Å². The number of aromatic nitrogens is 5. The summed E-state index contributed by atoms with van der Waals surface area (Å²) in [6.07, 6.45) is 3.22. The Morgan fingerprint density at radius 2 is 1.88 bits per heavy atom. The van der Waals surface area contributed by atoms with Crippen LogP contribution in [0.2, 0.25) is 0 Å². The molecule has 168 valence electrons. The first kappa shape index (κ1) is 20.9. The minimum absolute atomic E-state index is 0.123. The average molecular weight is 444 g/mol. The lowest BCUT2D eigenvalue weighted by molar-refractivity contribution is 0.187. The molecule has 1 saturated heterocycles. The van der Waals surface area contributed by atoms with Gasteiger partial charge in [-0.15, -0.1) is 0 Å². The molecule has 0 saturated carbocycles. The van der Waals surface area contributed by atoms with Crippen molar-refractivity contribution in [3.8, 4) is 17.2 Å². The molecule has 0 spiro atoms. The molecule has 33 heavy (non-hydrogen) atoms. The number of para-hydroxylation sites is 2. The number of piperidine rings is 1. The van der Waals surface area contributed by atoms with Crippen molar-refractivity contribution in [2.45, 2.75) is 32.6 Å². The normalized spacial score (nSPS) is 14.4. The van der Waals surface area contributed by atoms with Gasteiger partial charge in [0.05, 0.1) is 17.1 Å². The first-order valence-corrected chi connectivity index (χ1v) is 11.0. The number of likely N-dealkylation sites (tertiary alicyclic amines) is 1. The molecule has 0 atom stereocenters. The van der Waals surface area contributed by atoms with E-state index in [1.165, 1.54) is 0 Å². The SMILES string of the molecule is Cc1cc(C)n(-c2ccccc2NC(=O)N2CCC(c3nc(-c4ccccn4)no3)CC2)n1. The van der Waals surface area contributed by atoms with E-state index in [0.717, 1.165) is 35.6 Å². The molecule has 1 aromatic carbocycles. The molecule has 1 N–H and O–H groups in total. The van der Waals surface area contributed by atoms with Gasteiger partial charge in [-0.3, -0.25) is 4.98 Å². The molecule has 0 aliphatic carbocycles. The van der Waals surface area contributed by atoms with Crippen molar-refractivity contribution >= 4 is 11.7 Å². The van der Waals surface area contributed by atoms with Crippen molar-refractivity contribution in [3.05, 3.63) is 72.0 Å². The number of hydrogen-bond acceptors (Lipinski definition) is 6. The first-order valence-electron chi connectivity index (χ1n) is 11.0. The highest BCUT2D eigenvalue weighted by Gasteiger charge is 2.28. The van der Waals surface area contributed by atoms with Crippen molar-refractivity contribution in [3.63, 3.8) is 0 Å². The molecule has 0 radical (unpaired) electrons. The van der Waals surface area contributed by atoms with E-state index in [1.807, 2.05) is 72.0 Å². The van der Waals surface area contributed by atoms with Crippen molar-refractivity contribution in [2.24, 2.45) is 0 Å². The molecule has 1 fully saturated rings. The number of nitrogens with zero attached hydrogens (tertiary/aromatic N) is 6. The van der Waals surface area contributed by atoms with Gasteiger partial charge in [0.1, 0.15) is 5.69 Å². The zero-order valence-corrected chi connectivity index (χ0v) is 18.6. The average Bonchev–Trinajstić information content (AvgIpc) is 3.46. The van der Waals surface area contributed by atoms with Crippen LogP contribution in [-0.4, -0.2) is 48.9 Å². The third-order valence-electron chi connectivity index (χ3n) is 5.85. The number of rotatable bonds is 4. The number of urea groups is 1. The van der Waals surface area contributed by atoms with Crippen molar-refractivity contribution in [1.29, 1.82) is 0 Å². The van der Waals surface area contributed by atoms with Gasteiger partial charge in [0.25, 0.3) is 0 Å². The van der Waals surface area contributed by atoms with E-state index in [2.05, 4.69) is 25.5 Å². The van der Waals surface area contributed by atoms with Gasteiger partial charge in [0, 0.05) is 30.9 Å². The highest BCUT2D eigenvalue weighted by molar-refractivity contribution is 5.91. The van der Waals surface area contributed by atoms with Crippen LogP contribution in [0.5, 0.6) is 0 Å². The number of carbonyl (C=O) groups is 1. The summed E-state index contributed by atoms with van der Waals surface area (Å²) in [4.78, 5) is 23.6. The number of pyridine rings is 1. The molecule has 1 aliphatic heterocycles. The smallest absolute Gasteiger partial charge is 0.321 e. The summed E-state index contributed by atoms with van der Waals surface area (Å²) >= 11 is 0. The van der Waals surface area contributed by atoms with E-state index in [9.17, 15) is 4.79 Å². The Kier molecular flexibility index (Phi) is 5.60. The topological polar surface area (TPSA) is 102 Å². The Morgan fingerprint density at radius 3 is 2.61 bits per heavy atom. The number of benzene rings is 1. The van der Waals surface area contributed by atoms with Gasteiger partial charge in [0.2, 0.25) is 11.7 Å². The van der Waals surface area contributed by atoms with Gasteiger partial charge in [-0.1, -0.05) is 23.4 Å². The van der Waals surface area contributed by atoms with Crippen molar-refractivity contribution in [2.75, 3.05) is 18.4 Å². The lowest BCUT2D eigenvalue weighted by atomic mass is 9.97. The standard InChI is InChI=1S/C24H25N7O2/c1-16-15-17(2)31(28-16)21-9-4-3-7-19(21)26-24(32)30-13-10-18(11-14-30)23-27-22(29-33-23)20-8-5-6-12-25-20/h3-9,12,15,18H,10-11,13-14H2,1-2H3,(H,26,32). The van der Waals surface area contributed by atoms with Gasteiger partial charge in [0.15, 0.2) is 0 Å². The van der Waals surface area contributed by atoms with E-state index >= 15 is 0 Å². The Morgan fingerprint density at radius 1 is 1.09 bits per heavy atom. The summed E-state index contributed by atoms with van der Waals surface area (Å²) in [5.41, 5.74) is 4.21. The molecule has 4 aromatic rings. The predicted octanol–water partition coefficient (Wildman–Crippen LogP) is 4.35. The minimum atomic E-state index is -0.123. The predicted molar refractivity (Wildman–Crippen MR) is 123 cm³/mol. The zero-order valence-electron chi connectivity index (χ0n) is 18.6. The fourth-order valence-corrected chi connectivity index (χ4v) is 4.16. The van der Waals surface area contributed by atoms with Crippen molar-refractivity contribution < 1.29 is 9.32 Å². The number of carbonyl (C=O) groups excluding carboxylic acids is 1. The van der Waals surface area contributed by atoms with E-state index in [4.69, 9.17) is 4.52 Å². The van der Waals surface area contributed by atoms with E-state index in [1.54, 1.807) is 6.20 Å². The number of amides is 2. The molecular formula is C24H25N7O2. The Bertz CT molecular complexity index is 1260. The fraction of sp³-hybridized carbons (Fsp3) is 0.292. The summed E-state index contributed by atoms with van der Waals surface area (Å²) in [7, 11) is 0. The maximum absolute atomic E-state index is 13.0. The number of hydrogen-bond donors (Lipinski definition) is 1. The van der Waals surface area contributed by atoms with Crippen LogP contribution in [0.1, 0.15) is 36.0 Å². The molecule has 3 aromatic heterocycles. The highest BCUT2D eigenvalue weighted by Crippen LogP contribution is 2.29. The van der Waals surface area contributed by atoms with Crippen LogP contribution in [0.3, 0.4) is 0 Å². The summed E-state index contributed by atoms with van der Waals surface area (Å²) < 4.78 is 7.35. The zero-order chi connectivity index (χ0) is 22.8. The molecule has 1 aliphatic rings. The monoisotopic (exact) mass is 443 g/mol. The van der Waals surface area contributed by atoms with Crippen LogP contribution < -0.4 is 5.32 Å². The second kappa shape index (κ2) is 8.85. The van der Waals surface area contributed by atoms with E-state index < -0.39 is 0 Å². The Labute approximate surface area is 191 Å². The Balaban J connectivity index is 1.23. The first-order chi connectivity index (χ1) is 16.1. The third kappa shape index (κ3) is 4.34. The molecule has 9 heteroatoms. The van der Waals surface area contributed by atoms with Crippen LogP contribution in [0.15, 0.2) is 59.3 Å². The van der Waals surface area contributed by atoms with Crippen LogP contribution in [0.25, 0.3) is 17.2 Å². The van der Waals surface area contributed by atoms with Gasteiger partial charge >= 0.3 is 6.03 Å². The lowest BCUT2D eigenvalue weighted by Gasteiger charge is -2.30. The Hall–Kier alpha value is -4.01. The van der Waals surface area contributed by atoms with Gasteiger partial charge < -0.3 is 14.7 Å². The van der Waals surface area contributed by atoms with Crippen LogP contribution in [0.4, 0.5) is 10.5 Å². The number of nitrogens with one attached hydrogen (secondary N) is 1. The van der Waals surface area contributed by atoms with E-state index in [-0.39, 0.29) is 11.9 Å². The molecule has 4 heterocycles. The maximum atomic E-state index is 13.0. The second-order valence-corrected chi connectivity index (χ2v) is 8.22. The second-order valence-electron chi connectivity index (χ2n) is 8.22. The summed E-state index contributed by atoms with van der Waals surface area (Å²) in [5, 5.41) is 11.7. The molecule has 0 bridgehead atoms. The van der Waals surface area contributed by atoms with Crippen molar-refractivity contribution in [1.82, 2.24) is 29.8 Å². The largest absolute Gasteiger partial charge is 0.339 e. The minimum Gasteiger partial charge on any atom is -0.339 e. The highest BCUT2D eigenvalue weighted by atomic mass is 16.5. The summed E-state index contributed by atoms with van der Waals surface area (Å²) in [6.45, 7) is 5.18. The molecule has 2 amide bonds. The molecule has 5 rings (SSSR count). The van der Waals surface area contributed by atoms with Crippen LogP contribution in [-0.2, 0) is 0 Å². The van der Waals surface area contributed by atoms with Gasteiger partial charge in [-0.2, -0.15) is 10.1 Å². The molecule has 9 nitrogen and oxygen atoms in total. The van der Waals surface area contributed by atoms with Crippen LogP contribution in [0, 0.1) is 13.8 Å². The number of aryl methyl sites for hydroxylation is 2.